The summed E-state index contributed by atoms with van der Waals surface area (Å²) in [5, 5.41) is 0. The molecule has 1 aromatic carbocycles. The Morgan fingerprint density at radius 3 is 2.67 bits per heavy atom. The number of carbonyl (C=O) groups excluding carboxylic acids is 1. The summed E-state index contributed by atoms with van der Waals surface area (Å²) in [6.07, 6.45) is 8.09. The molecule has 0 spiro atoms. The second-order valence-corrected chi connectivity index (χ2v) is 6.42. The Balaban J connectivity index is 2.12. The molecule has 0 N–H and O–H groups in total. The van der Waals surface area contributed by atoms with Gasteiger partial charge in [-0.2, -0.15) is 0 Å². The second kappa shape index (κ2) is 11.0. The van der Waals surface area contributed by atoms with Gasteiger partial charge in [0.25, 0.3) is 0 Å². The van der Waals surface area contributed by atoms with Crippen molar-refractivity contribution in [3.05, 3.63) is 45.6 Å². The van der Waals surface area contributed by atoms with Crippen LogP contribution in [0.15, 0.2) is 36.4 Å². The first-order valence-corrected chi connectivity index (χ1v) is 8.63. The Morgan fingerprint density at radius 1 is 1.29 bits per heavy atom. The fraction of sp³-hybridized carbons (Fsp3) is 0.471. The molecule has 2 radical (unpaired) electrons. The van der Waals surface area contributed by atoms with Gasteiger partial charge < -0.3 is 4.81 Å². The van der Waals surface area contributed by atoms with Crippen molar-refractivity contribution in [2.45, 2.75) is 39.0 Å². The molecule has 0 saturated carbocycles. The molecule has 112 valence electrons. The lowest BCUT2D eigenvalue weighted by atomic mass is 10.1. The third kappa shape index (κ3) is 9.09. The highest BCUT2D eigenvalue weighted by Gasteiger charge is 1.99. The van der Waals surface area contributed by atoms with E-state index < -0.39 is 0 Å². The predicted molar refractivity (Wildman–Crippen MR) is 98.5 cm³/mol. The summed E-state index contributed by atoms with van der Waals surface area (Å²) in [6, 6.07) is 8.61. The molecule has 4 heteroatoms. The summed E-state index contributed by atoms with van der Waals surface area (Å²) >= 11 is 2.31. The molecule has 0 saturated heterocycles. The number of aryl methyl sites for hydroxylation is 1. The molecule has 0 atom stereocenters. The molecule has 0 aliphatic heterocycles. The third-order valence-electron chi connectivity index (χ3n) is 3.21. The zero-order chi connectivity index (χ0) is 15.5. The highest BCUT2D eigenvalue weighted by Crippen LogP contribution is 2.08. The van der Waals surface area contributed by atoms with Gasteiger partial charge in [0.2, 0.25) is 0 Å². The van der Waals surface area contributed by atoms with Gasteiger partial charge in [0.05, 0.1) is 0 Å². The molecule has 0 bridgehead atoms. The fourth-order valence-electron chi connectivity index (χ4n) is 2.03. The van der Waals surface area contributed by atoms with Crippen LogP contribution < -0.4 is 0 Å². The number of carbonyl (C=O) groups is 1. The molecular formula is C17H23BINO. The number of hydrogen-bond donors (Lipinski definition) is 0. The van der Waals surface area contributed by atoms with E-state index in [0.717, 1.165) is 38.8 Å². The Morgan fingerprint density at radius 2 is 2.00 bits per heavy atom. The lowest BCUT2D eigenvalue weighted by molar-refractivity contribution is -0.114. The van der Waals surface area contributed by atoms with E-state index in [-0.39, 0.29) is 5.78 Å². The monoisotopic (exact) mass is 395 g/mol. The minimum absolute atomic E-state index is 0.208. The molecule has 1 aromatic rings. The maximum Gasteiger partial charge on any atom is 0.182 e. The lowest BCUT2D eigenvalue weighted by Crippen LogP contribution is -2.22. The summed E-state index contributed by atoms with van der Waals surface area (Å²) in [5.41, 5.74) is 1.36. The van der Waals surface area contributed by atoms with Crippen molar-refractivity contribution in [1.29, 1.82) is 0 Å². The summed E-state index contributed by atoms with van der Waals surface area (Å²) in [5.74, 6) is 0.208. The molecule has 1 rings (SSSR count). The maximum absolute atomic E-state index is 11.3. The van der Waals surface area contributed by atoms with E-state index in [9.17, 15) is 4.79 Å². The van der Waals surface area contributed by atoms with Crippen LogP contribution in [0.3, 0.4) is 0 Å². The van der Waals surface area contributed by atoms with E-state index in [0.29, 0.717) is 6.42 Å². The predicted octanol–water partition coefficient (Wildman–Crippen LogP) is 3.92. The Kier molecular flexibility index (Phi) is 9.67. The average Bonchev–Trinajstić information content (AvgIpc) is 2.46. The van der Waals surface area contributed by atoms with Gasteiger partial charge in [-0.25, -0.2) is 0 Å². The van der Waals surface area contributed by atoms with Crippen LogP contribution in [-0.4, -0.2) is 31.7 Å². The topological polar surface area (TPSA) is 20.3 Å². The van der Waals surface area contributed by atoms with Crippen molar-refractivity contribution in [3.8, 4) is 0 Å². The van der Waals surface area contributed by atoms with Crippen molar-refractivity contribution in [2.75, 3.05) is 13.1 Å². The number of benzene rings is 1. The van der Waals surface area contributed by atoms with Gasteiger partial charge in [-0.1, -0.05) is 25.1 Å². The number of ketones is 1. The molecule has 0 aliphatic rings. The first kappa shape index (κ1) is 18.4. The summed E-state index contributed by atoms with van der Waals surface area (Å²) < 4.78 is 1.27. The second-order valence-electron chi connectivity index (χ2n) is 5.17. The minimum atomic E-state index is 0.208. The van der Waals surface area contributed by atoms with Crippen molar-refractivity contribution >= 4 is 36.4 Å². The molecule has 0 amide bonds. The van der Waals surface area contributed by atoms with Crippen LogP contribution in [0.4, 0.5) is 0 Å². The van der Waals surface area contributed by atoms with Crippen LogP contribution in [0.1, 0.15) is 38.2 Å². The van der Waals surface area contributed by atoms with E-state index in [1.54, 1.807) is 6.08 Å². The molecule has 0 heterocycles. The molecular weight excluding hydrogens is 372 g/mol. The van der Waals surface area contributed by atoms with Crippen molar-refractivity contribution in [3.63, 3.8) is 0 Å². The SMILES string of the molecule is [B]N(CC/C=C/C(=O)CCC)CCCc1ccc(I)cc1. The van der Waals surface area contributed by atoms with Crippen LogP contribution in [-0.2, 0) is 11.2 Å². The molecule has 2 nitrogen and oxygen atoms in total. The molecule has 0 unspecified atom stereocenters. The standard InChI is InChI=1S/C17H23BINO/c1-2-6-17(21)8-3-4-13-20(18)14-5-7-15-9-11-16(19)12-10-15/h3,8-12H,2,4-7,13-14H2,1H3/b8-3+. The van der Waals surface area contributed by atoms with Gasteiger partial charge in [-0.05, 0) is 85.1 Å². The van der Waals surface area contributed by atoms with Crippen LogP contribution in [0, 0.1) is 3.57 Å². The van der Waals surface area contributed by atoms with Crippen LogP contribution in [0.2, 0.25) is 0 Å². The van der Waals surface area contributed by atoms with E-state index >= 15 is 0 Å². The largest absolute Gasteiger partial charge is 0.353 e. The van der Waals surface area contributed by atoms with Crippen molar-refractivity contribution in [2.24, 2.45) is 0 Å². The number of nitrogens with zero attached hydrogens (tertiary/aromatic N) is 1. The van der Waals surface area contributed by atoms with E-state index in [2.05, 4.69) is 46.9 Å². The van der Waals surface area contributed by atoms with Crippen molar-refractivity contribution < 1.29 is 4.79 Å². The van der Waals surface area contributed by atoms with Crippen LogP contribution in [0.25, 0.3) is 0 Å². The Labute approximate surface area is 143 Å². The third-order valence-corrected chi connectivity index (χ3v) is 3.93. The lowest BCUT2D eigenvalue weighted by Gasteiger charge is -2.15. The molecule has 0 aliphatic carbocycles. The van der Waals surface area contributed by atoms with Gasteiger partial charge >= 0.3 is 0 Å². The van der Waals surface area contributed by atoms with E-state index in [1.807, 2.05) is 17.8 Å². The number of halogens is 1. The van der Waals surface area contributed by atoms with Gasteiger partial charge in [-0.3, -0.25) is 4.79 Å². The number of hydrogen-bond acceptors (Lipinski definition) is 2. The summed E-state index contributed by atoms with van der Waals surface area (Å²) in [6.45, 7) is 3.69. The van der Waals surface area contributed by atoms with E-state index in [1.165, 1.54) is 9.13 Å². The Bertz CT molecular complexity index is 445. The maximum atomic E-state index is 11.3. The van der Waals surface area contributed by atoms with Crippen molar-refractivity contribution in [1.82, 2.24) is 4.81 Å². The first-order valence-electron chi connectivity index (χ1n) is 7.55. The van der Waals surface area contributed by atoms with Crippen LogP contribution >= 0.6 is 22.6 Å². The highest BCUT2D eigenvalue weighted by molar-refractivity contribution is 14.1. The molecule has 21 heavy (non-hydrogen) atoms. The van der Waals surface area contributed by atoms with Gasteiger partial charge in [0.15, 0.2) is 13.8 Å². The van der Waals surface area contributed by atoms with Crippen LogP contribution in [0.5, 0.6) is 0 Å². The smallest absolute Gasteiger partial charge is 0.182 e. The first-order chi connectivity index (χ1) is 10.1. The zero-order valence-electron chi connectivity index (χ0n) is 12.7. The zero-order valence-corrected chi connectivity index (χ0v) is 14.9. The quantitative estimate of drug-likeness (QED) is 0.340. The summed E-state index contributed by atoms with van der Waals surface area (Å²) in [4.78, 5) is 13.1. The molecule has 0 fully saturated rings. The highest BCUT2D eigenvalue weighted by atomic mass is 127. The van der Waals surface area contributed by atoms with Gasteiger partial charge in [-0.15, -0.1) is 0 Å². The average molecular weight is 395 g/mol. The normalized spacial score (nSPS) is 11.4. The minimum Gasteiger partial charge on any atom is -0.353 e. The fourth-order valence-corrected chi connectivity index (χ4v) is 2.39. The summed E-state index contributed by atoms with van der Waals surface area (Å²) in [7, 11) is 5.95. The van der Waals surface area contributed by atoms with Gasteiger partial charge in [0, 0.05) is 9.99 Å². The van der Waals surface area contributed by atoms with Gasteiger partial charge in [0.1, 0.15) is 0 Å². The number of allylic oxidation sites excluding steroid dienone is 1. The number of rotatable bonds is 10. The van der Waals surface area contributed by atoms with E-state index in [4.69, 9.17) is 7.98 Å². The Hall–Kier alpha value is -0.615. The molecule has 0 aromatic heterocycles.